The Morgan fingerprint density at radius 3 is 2.37 bits per heavy atom. The first-order valence-electron chi connectivity index (χ1n) is 10.4. The summed E-state index contributed by atoms with van der Waals surface area (Å²) in [6.07, 6.45) is 1.94. The molecule has 1 atom stereocenters. The second kappa shape index (κ2) is 9.94. The summed E-state index contributed by atoms with van der Waals surface area (Å²) in [5.74, 6) is -0.189. The van der Waals surface area contributed by atoms with E-state index in [1.54, 1.807) is 4.90 Å². The Bertz CT molecular complexity index is 933. The van der Waals surface area contributed by atoms with Gasteiger partial charge in [-0.2, -0.15) is 0 Å². The highest BCUT2D eigenvalue weighted by molar-refractivity contribution is 8.15. The van der Waals surface area contributed by atoms with Gasteiger partial charge in [-0.1, -0.05) is 55.9 Å². The highest BCUT2D eigenvalue weighted by atomic mass is 32.2. The number of aryl methyl sites for hydroxylation is 3. The van der Waals surface area contributed by atoms with Crippen molar-refractivity contribution in [2.45, 2.75) is 52.2 Å². The third-order valence-corrected chi connectivity index (χ3v) is 6.33. The number of amidine groups is 1. The number of carbonyl (C=O) groups is 2. The molecule has 3 rings (SSSR count). The normalized spacial score (nSPS) is 17.6. The molecule has 2 aromatic carbocycles. The van der Waals surface area contributed by atoms with E-state index in [9.17, 15) is 9.59 Å². The number of anilines is 1. The number of aliphatic imine (C=N–C) groups is 1. The average molecular weight is 424 g/mol. The van der Waals surface area contributed by atoms with E-state index in [0.29, 0.717) is 11.7 Å². The van der Waals surface area contributed by atoms with Crippen LogP contribution in [-0.2, 0) is 16.0 Å². The van der Waals surface area contributed by atoms with Crippen LogP contribution < -0.4 is 5.32 Å². The molecule has 1 saturated heterocycles. The number of benzene rings is 2. The van der Waals surface area contributed by atoms with E-state index in [-0.39, 0.29) is 18.2 Å². The van der Waals surface area contributed by atoms with Gasteiger partial charge in [0.2, 0.25) is 11.8 Å². The minimum absolute atomic E-state index is 0.0394. The van der Waals surface area contributed by atoms with Crippen LogP contribution in [0, 0.1) is 13.8 Å². The molecule has 2 aromatic rings. The number of carbonyl (C=O) groups excluding carboxylic acids is 2. The van der Waals surface area contributed by atoms with Crippen LogP contribution in [0.5, 0.6) is 0 Å². The van der Waals surface area contributed by atoms with Gasteiger partial charge >= 0.3 is 0 Å². The number of hydrogen-bond acceptors (Lipinski definition) is 4. The molecule has 1 fully saturated rings. The molecular weight excluding hydrogens is 394 g/mol. The summed E-state index contributed by atoms with van der Waals surface area (Å²) in [5, 5.41) is 3.21. The van der Waals surface area contributed by atoms with E-state index in [1.165, 1.54) is 17.3 Å². The van der Waals surface area contributed by atoms with Gasteiger partial charge in [0.25, 0.3) is 0 Å². The number of para-hydroxylation sites is 1. The number of amides is 2. The average Bonchev–Trinajstić information content (AvgIpc) is 3.00. The lowest BCUT2D eigenvalue weighted by molar-refractivity contribution is -0.128. The number of thioether (sulfide) groups is 1. The Kier molecular flexibility index (Phi) is 7.32. The highest BCUT2D eigenvalue weighted by Crippen LogP contribution is 2.32. The Morgan fingerprint density at radius 2 is 1.77 bits per heavy atom. The summed E-state index contributed by atoms with van der Waals surface area (Å²) >= 11 is 1.38. The summed E-state index contributed by atoms with van der Waals surface area (Å²) in [7, 11) is 0. The van der Waals surface area contributed by atoms with E-state index in [0.717, 1.165) is 35.3 Å². The molecule has 2 amide bonds. The van der Waals surface area contributed by atoms with Crippen molar-refractivity contribution < 1.29 is 9.59 Å². The Hall–Kier alpha value is -2.60. The predicted molar refractivity (Wildman–Crippen MR) is 125 cm³/mol. The molecule has 1 N–H and O–H groups in total. The van der Waals surface area contributed by atoms with Crippen LogP contribution in [-0.4, -0.2) is 33.7 Å². The standard InChI is InChI=1S/C24H29N3O2S/c1-5-14-27-23(29)20(15-21(28)26-22-16(3)8-7-9-17(22)4)30-24(27)25-19-12-10-18(6-2)11-13-19/h7-13,20H,5-6,14-15H2,1-4H3,(H,26,28)/t20-/m1/s1. The van der Waals surface area contributed by atoms with Gasteiger partial charge in [-0.25, -0.2) is 4.99 Å². The van der Waals surface area contributed by atoms with E-state index < -0.39 is 5.25 Å². The maximum atomic E-state index is 13.0. The van der Waals surface area contributed by atoms with Crippen LogP contribution in [0.1, 0.15) is 43.4 Å². The molecule has 0 saturated carbocycles. The topological polar surface area (TPSA) is 61.8 Å². The number of nitrogens with zero attached hydrogens (tertiary/aromatic N) is 2. The van der Waals surface area contributed by atoms with Crippen LogP contribution >= 0.6 is 11.8 Å². The fraction of sp³-hybridized carbons (Fsp3) is 0.375. The number of hydrogen-bond donors (Lipinski definition) is 1. The predicted octanol–water partition coefficient (Wildman–Crippen LogP) is 5.24. The maximum Gasteiger partial charge on any atom is 0.242 e. The van der Waals surface area contributed by atoms with E-state index >= 15 is 0 Å². The number of nitrogens with one attached hydrogen (secondary N) is 1. The molecule has 5 nitrogen and oxygen atoms in total. The molecule has 30 heavy (non-hydrogen) atoms. The molecule has 1 aliphatic heterocycles. The van der Waals surface area contributed by atoms with Gasteiger partial charge in [0, 0.05) is 18.7 Å². The minimum atomic E-state index is -0.450. The Morgan fingerprint density at radius 1 is 1.10 bits per heavy atom. The van der Waals surface area contributed by atoms with Crippen molar-refractivity contribution >= 4 is 40.1 Å². The summed E-state index contributed by atoms with van der Waals surface area (Å²) in [6, 6.07) is 14.0. The zero-order chi connectivity index (χ0) is 21.7. The quantitative estimate of drug-likeness (QED) is 0.663. The van der Waals surface area contributed by atoms with Crippen LogP contribution in [0.4, 0.5) is 11.4 Å². The fourth-order valence-electron chi connectivity index (χ4n) is 3.44. The molecule has 0 unspecified atom stereocenters. The van der Waals surface area contributed by atoms with Crippen molar-refractivity contribution in [2.75, 3.05) is 11.9 Å². The molecule has 0 aromatic heterocycles. The molecular formula is C24H29N3O2S. The van der Waals surface area contributed by atoms with Crippen molar-refractivity contribution in [3.05, 3.63) is 59.2 Å². The molecule has 0 radical (unpaired) electrons. The summed E-state index contributed by atoms with van der Waals surface area (Å²) in [4.78, 5) is 32.1. The third-order valence-electron chi connectivity index (χ3n) is 5.15. The van der Waals surface area contributed by atoms with Gasteiger partial charge in [0.1, 0.15) is 5.25 Å². The van der Waals surface area contributed by atoms with E-state index in [2.05, 4.69) is 24.4 Å². The van der Waals surface area contributed by atoms with Crippen LogP contribution in [0.2, 0.25) is 0 Å². The first-order valence-corrected chi connectivity index (χ1v) is 11.3. The molecule has 158 valence electrons. The van der Waals surface area contributed by atoms with Crippen molar-refractivity contribution in [2.24, 2.45) is 4.99 Å². The lowest BCUT2D eigenvalue weighted by atomic mass is 10.1. The smallest absolute Gasteiger partial charge is 0.242 e. The zero-order valence-corrected chi connectivity index (χ0v) is 18.9. The molecule has 1 aliphatic rings. The largest absolute Gasteiger partial charge is 0.326 e. The van der Waals surface area contributed by atoms with Gasteiger partial charge in [-0.3, -0.25) is 14.5 Å². The second-order valence-electron chi connectivity index (χ2n) is 7.53. The Labute approximate surface area is 183 Å². The SMILES string of the molecule is CCCN1C(=O)[C@@H](CC(=O)Nc2c(C)cccc2C)SC1=Nc1ccc(CC)cc1. The molecule has 0 spiro atoms. The second-order valence-corrected chi connectivity index (χ2v) is 8.70. The highest BCUT2D eigenvalue weighted by Gasteiger charge is 2.38. The minimum Gasteiger partial charge on any atom is -0.326 e. The summed E-state index contributed by atoms with van der Waals surface area (Å²) < 4.78 is 0. The zero-order valence-electron chi connectivity index (χ0n) is 18.1. The summed E-state index contributed by atoms with van der Waals surface area (Å²) in [5.41, 5.74) is 4.93. The lowest BCUT2D eigenvalue weighted by Crippen LogP contribution is -2.34. The molecule has 0 bridgehead atoms. The monoisotopic (exact) mass is 423 g/mol. The van der Waals surface area contributed by atoms with Gasteiger partial charge in [0.05, 0.1) is 5.69 Å². The third kappa shape index (κ3) is 5.11. The van der Waals surface area contributed by atoms with Crippen LogP contribution in [0.15, 0.2) is 47.5 Å². The molecule has 0 aliphatic carbocycles. The lowest BCUT2D eigenvalue weighted by Gasteiger charge is -2.15. The van der Waals surface area contributed by atoms with Crippen molar-refractivity contribution in [3.8, 4) is 0 Å². The number of rotatable bonds is 7. The first kappa shape index (κ1) is 22.1. The Balaban J connectivity index is 1.74. The van der Waals surface area contributed by atoms with Crippen molar-refractivity contribution in [1.29, 1.82) is 0 Å². The van der Waals surface area contributed by atoms with Gasteiger partial charge < -0.3 is 5.32 Å². The van der Waals surface area contributed by atoms with Crippen LogP contribution in [0.25, 0.3) is 0 Å². The fourth-order valence-corrected chi connectivity index (χ4v) is 4.63. The van der Waals surface area contributed by atoms with Crippen molar-refractivity contribution in [3.63, 3.8) is 0 Å². The van der Waals surface area contributed by atoms with Crippen molar-refractivity contribution in [1.82, 2.24) is 4.90 Å². The molecule has 6 heteroatoms. The first-order chi connectivity index (χ1) is 14.4. The van der Waals surface area contributed by atoms with Gasteiger partial charge in [-0.05, 0) is 55.5 Å². The van der Waals surface area contributed by atoms with Gasteiger partial charge in [-0.15, -0.1) is 0 Å². The maximum absolute atomic E-state index is 13.0. The summed E-state index contributed by atoms with van der Waals surface area (Å²) in [6.45, 7) is 8.69. The van der Waals surface area contributed by atoms with Crippen LogP contribution in [0.3, 0.4) is 0 Å². The van der Waals surface area contributed by atoms with E-state index in [4.69, 9.17) is 4.99 Å². The van der Waals surface area contributed by atoms with Gasteiger partial charge in [0.15, 0.2) is 5.17 Å². The van der Waals surface area contributed by atoms with E-state index in [1.807, 2.05) is 51.1 Å². The molecule has 1 heterocycles.